The zero-order chi connectivity index (χ0) is 20.4. The summed E-state index contributed by atoms with van der Waals surface area (Å²) in [4.78, 5) is 16.9. The van der Waals surface area contributed by atoms with Crippen LogP contribution in [0.25, 0.3) is 22.5 Å². The van der Waals surface area contributed by atoms with Crippen molar-refractivity contribution in [2.75, 3.05) is 0 Å². The lowest BCUT2D eigenvalue weighted by Gasteiger charge is -2.07. The molecule has 3 aromatic heterocycles. The highest BCUT2D eigenvalue weighted by atomic mass is 19.1. The molecule has 0 bridgehead atoms. The molecular weight excluding hydrogens is 371 g/mol. The third-order valence-electron chi connectivity index (χ3n) is 4.62. The molecule has 1 aromatic carbocycles. The van der Waals surface area contributed by atoms with E-state index in [4.69, 9.17) is 0 Å². The fourth-order valence-corrected chi connectivity index (χ4v) is 3.10. The summed E-state index contributed by atoms with van der Waals surface area (Å²) in [5, 5.41) is 11.4. The molecule has 0 saturated carbocycles. The SMILES string of the molecule is Cn1nc(-c2ccc(F)cc2)cc1C(=O)NCc1cncc(-c2ccnn2C)c1. The Kier molecular flexibility index (Phi) is 4.90. The summed E-state index contributed by atoms with van der Waals surface area (Å²) in [7, 11) is 3.57. The number of amides is 1. The number of carbonyl (C=O) groups is 1. The highest BCUT2D eigenvalue weighted by molar-refractivity contribution is 5.93. The quantitative estimate of drug-likeness (QED) is 0.568. The van der Waals surface area contributed by atoms with Gasteiger partial charge in [-0.3, -0.25) is 19.1 Å². The summed E-state index contributed by atoms with van der Waals surface area (Å²) < 4.78 is 16.4. The van der Waals surface area contributed by atoms with Crippen molar-refractivity contribution in [1.29, 1.82) is 0 Å². The minimum atomic E-state index is -0.315. The lowest BCUT2D eigenvalue weighted by Crippen LogP contribution is -2.25. The minimum Gasteiger partial charge on any atom is -0.347 e. The first-order valence-electron chi connectivity index (χ1n) is 9.02. The normalized spacial score (nSPS) is 10.9. The lowest BCUT2D eigenvalue weighted by atomic mass is 10.1. The molecule has 0 aliphatic carbocycles. The standard InChI is InChI=1S/C21H19FN6O/c1-27-19(7-8-25-27)16-9-14(11-23-13-16)12-24-21(29)20-10-18(26-28(20)2)15-3-5-17(22)6-4-15/h3-11,13H,12H2,1-2H3,(H,24,29). The van der Waals surface area contributed by atoms with Crippen LogP contribution in [-0.4, -0.2) is 30.5 Å². The van der Waals surface area contributed by atoms with Crippen LogP contribution < -0.4 is 5.32 Å². The van der Waals surface area contributed by atoms with Crippen molar-refractivity contribution in [2.24, 2.45) is 14.1 Å². The summed E-state index contributed by atoms with van der Waals surface area (Å²) in [6, 6.07) is 11.6. The highest BCUT2D eigenvalue weighted by Gasteiger charge is 2.14. The Hall–Kier alpha value is -3.81. The smallest absolute Gasteiger partial charge is 0.269 e. The molecule has 0 radical (unpaired) electrons. The van der Waals surface area contributed by atoms with Gasteiger partial charge in [0, 0.05) is 50.4 Å². The molecule has 8 heteroatoms. The molecule has 4 rings (SSSR count). The zero-order valence-electron chi connectivity index (χ0n) is 16.0. The Morgan fingerprint density at radius 2 is 1.83 bits per heavy atom. The van der Waals surface area contributed by atoms with Crippen molar-refractivity contribution in [2.45, 2.75) is 6.54 Å². The Morgan fingerprint density at radius 3 is 2.55 bits per heavy atom. The minimum absolute atomic E-state index is 0.251. The summed E-state index contributed by atoms with van der Waals surface area (Å²) in [5.41, 5.74) is 4.52. The molecule has 0 aliphatic heterocycles. The molecule has 4 aromatic rings. The van der Waals surface area contributed by atoms with Crippen molar-refractivity contribution < 1.29 is 9.18 Å². The third-order valence-corrected chi connectivity index (χ3v) is 4.62. The van der Waals surface area contributed by atoms with E-state index in [-0.39, 0.29) is 11.7 Å². The number of hydrogen-bond donors (Lipinski definition) is 1. The third kappa shape index (κ3) is 3.91. The van der Waals surface area contributed by atoms with Gasteiger partial charge in [0.15, 0.2) is 0 Å². The van der Waals surface area contributed by atoms with Gasteiger partial charge in [-0.15, -0.1) is 0 Å². The first-order chi connectivity index (χ1) is 14.0. The van der Waals surface area contributed by atoms with Gasteiger partial charge in [-0.05, 0) is 48.0 Å². The average Bonchev–Trinajstić information content (AvgIpc) is 3.32. The van der Waals surface area contributed by atoms with E-state index in [1.54, 1.807) is 48.5 Å². The summed E-state index contributed by atoms with van der Waals surface area (Å²) in [6.07, 6.45) is 5.21. The second-order valence-corrected chi connectivity index (χ2v) is 6.65. The van der Waals surface area contributed by atoms with E-state index in [0.717, 1.165) is 22.4 Å². The molecule has 0 fully saturated rings. The van der Waals surface area contributed by atoms with E-state index >= 15 is 0 Å². The molecule has 0 unspecified atom stereocenters. The molecule has 146 valence electrons. The van der Waals surface area contributed by atoms with E-state index in [2.05, 4.69) is 20.5 Å². The van der Waals surface area contributed by atoms with Crippen molar-refractivity contribution in [3.63, 3.8) is 0 Å². The predicted molar refractivity (Wildman–Crippen MR) is 106 cm³/mol. The second kappa shape index (κ2) is 7.67. The van der Waals surface area contributed by atoms with E-state index in [1.165, 1.54) is 16.8 Å². The van der Waals surface area contributed by atoms with Crippen molar-refractivity contribution >= 4 is 5.91 Å². The Balaban J connectivity index is 1.48. The van der Waals surface area contributed by atoms with E-state index in [1.807, 2.05) is 19.2 Å². The van der Waals surface area contributed by atoms with Crippen LogP contribution in [0.1, 0.15) is 16.1 Å². The molecule has 0 aliphatic rings. The molecule has 3 heterocycles. The largest absolute Gasteiger partial charge is 0.347 e. The van der Waals surface area contributed by atoms with Gasteiger partial charge in [-0.1, -0.05) is 0 Å². The number of hydrogen-bond acceptors (Lipinski definition) is 4. The van der Waals surface area contributed by atoms with Crippen LogP contribution in [0.5, 0.6) is 0 Å². The fourth-order valence-electron chi connectivity index (χ4n) is 3.10. The van der Waals surface area contributed by atoms with Gasteiger partial charge in [0.25, 0.3) is 5.91 Å². The number of carbonyl (C=O) groups excluding carboxylic acids is 1. The van der Waals surface area contributed by atoms with Gasteiger partial charge >= 0.3 is 0 Å². The molecule has 29 heavy (non-hydrogen) atoms. The summed E-state index contributed by atoms with van der Waals surface area (Å²) in [6.45, 7) is 0.328. The Bertz CT molecular complexity index is 1160. The number of nitrogens with zero attached hydrogens (tertiary/aromatic N) is 5. The van der Waals surface area contributed by atoms with Crippen LogP contribution >= 0.6 is 0 Å². The molecule has 0 spiro atoms. The van der Waals surface area contributed by atoms with Gasteiger partial charge in [0.2, 0.25) is 0 Å². The van der Waals surface area contributed by atoms with Crippen LogP contribution in [0.4, 0.5) is 4.39 Å². The summed E-state index contributed by atoms with van der Waals surface area (Å²) >= 11 is 0. The average molecular weight is 390 g/mol. The lowest BCUT2D eigenvalue weighted by molar-refractivity contribution is 0.0941. The van der Waals surface area contributed by atoms with Crippen LogP contribution in [-0.2, 0) is 20.6 Å². The maximum absolute atomic E-state index is 13.1. The zero-order valence-corrected chi connectivity index (χ0v) is 16.0. The molecule has 0 saturated heterocycles. The van der Waals surface area contributed by atoms with E-state index in [9.17, 15) is 9.18 Å². The topological polar surface area (TPSA) is 77.6 Å². The number of benzene rings is 1. The fraction of sp³-hybridized carbons (Fsp3) is 0.143. The number of pyridine rings is 1. The van der Waals surface area contributed by atoms with Crippen molar-refractivity contribution in [3.05, 3.63) is 78.1 Å². The Morgan fingerprint density at radius 1 is 1.03 bits per heavy atom. The molecule has 1 amide bonds. The molecule has 0 atom stereocenters. The number of aryl methyl sites for hydroxylation is 2. The monoisotopic (exact) mass is 390 g/mol. The maximum Gasteiger partial charge on any atom is 0.269 e. The van der Waals surface area contributed by atoms with Gasteiger partial charge in [0.1, 0.15) is 11.5 Å². The number of nitrogens with one attached hydrogen (secondary N) is 1. The Labute approximate surface area is 166 Å². The van der Waals surface area contributed by atoms with Crippen molar-refractivity contribution in [3.8, 4) is 22.5 Å². The number of halogens is 1. The molecular formula is C21H19FN6O. The second-order valence-electron chi connectivity index (χ2n) is 6.65. The van der Waals surface area contributed by atoms with Gasteiger partial charge in [-0.25, -0.2) is 4.39 Å². The van der Waals surface area contributed by atoms with Crippen LogP contribution in [0, 0.1) is 5.82 Å². The van der Waals surface area contributed by atoms with Crippen LogP contribution in [0.3, 0.4) is 0 Å². The molecule has 7 nitrogen and oxygen atoms in total. The first-order valence-corrected chi connectivity index (χ1v) is 9.02. The van der Waals surface area contributed by atoms with E-state index in [0.29, 0.717) is 17.9 Å². The summed E-state index contributed by atoms with van der Waals surface area (Å²) in [5.74, 6) is -0.566. The van der Waals surface area contributed by atoms with Crippen LogP contribution in [0.2, 0.25) is 0 Å². The van der Waals surface area contributed by atoms with Crippen molar-refractivity contribution in [1.82, 2.24) is 29.9 Å². The van der Waals surface area contributed by atoms with Gasteiger partial charge < -0.3 is 5.32 Å². The highest BCUT2D eigenvalue weighted by Crippen LogP contribution is 2.20. The van der Waals surface area contributed by atoms with E-state index < -0.39 is 0 Å². The molecule has 1 N–H and O–H groups in total. The van der Waals surface area contributed by atoms with Gasteiger partial charge in [0.05, 0.1) is 11.4 Å². The predicted octanol–water partition coefficient (Wildman–Crippen LogP) is 2.95. The maximum atomic E-state index is 13.1. The number of aromatic nitrogens is 5. The van der Waals surface area contributed by atoms with Gasteiger partial charge in [-0.2, -0.15) is 10.2 Å². The number of rotatable bonds is 5. The van der Waals surface area contributed by atoms with Crippen LogP contribution in [0.15, 0.2) is 61.1 Å². The first kappa shape index (κ1) is 18.5.